The Balaban J connectivity index is 4.38. The molecule has 0 aromatic rings. The zero-order chi connectivity index (χ0) is 11.0. The molecule has 0 spiro atoms. The molecule has 2 N–H and O–H groups in total. The van der Waals surface area contributed by atoms with Gasteiger partial charge in [-0.3, -0.25) is 4.79 Å². The average molecular weight is 195 g/mol. The smallest absolute Gasteiger partial charge is 0.236 e. The van der Waals surface area contributed by atoms with E-state index in [1.54, 1.807) is 11.1 Å². The van der Waals surface area contributed by atoms with Gasteiger partial charge in [-0.05, 0) is 13.3 Å². The molecule has 0 fully saturated rings. The normalized spacial score (nSPS) is 10.8. The van der Waals surface area contributed by atoms with Crippen molar-refractivity contribution in [3.8, 4) is 6.07 Å². The van der Waals surface area contributed by atoms with Gasteiger partial charge in [-0.15, -0.1) is 0 Å². The molecule has 0 rings (SSSR count). The molecule has 0 saturated carbocycles. The van der Waals surface area contributed by atoms with Crippen LogP contribution in [-0.4, -0.2) is 23.9 Å². The van der Waals surface area contributed by atoms with E-state index >= 15 is 0 Å². The second-order valence-corrected chi connectivity index (χ2v) is 3.05. The van der Waals surface area contributed by atoms with Crippen molar-refractivity contribution in [2.75, 3.05) is 13.1 Å². The van der Waals surface area contributed by atoms with E-state index in [4.69, 9.17) is 11.0 Å². The quantitative estimate of drug-likeness (QED) is 0.643. The lowest BCUT2D eigenvalue weighted by atomic mass is 10.2. The average Bonchev–Trinajstić information content (AvgIpc) is 2.15. The Morgan fingerprint density at radius 1 is 1.57 bits per heavy atom. The largest absolute Gasteiger partial charge is 0.368 e. The highest BCUT2D eigenvalue weighted by Gasteiger charge is 2.03. The fourth-order valence-corrected chi connectivity index (χ4v) is 1.09. The Morgan fingerprint density at radius 2 is 2.21 bits per heavy atom. The molecule has 0 radical (unpaired) electrons. The van der Waals surface area contributed by atoms with E-state index in [1.807, 2.05) is 13.8 Å². The molecule has 0 aliphatic rings. The third-order valence-electron chi connectivity index (χ3n) is 1.77. The van der Waals surface area contributed by atoms with E-state index < -0.39 is 0 Å². The van der Waals surface area contributed by atoms with Crippen molar-refractivity contribution in [2.45, 2.75) is 26.7 Å². The summed E-state index contributed by atoms with van der Waals surface area (Å²) in [6, 6.07) is 2.11. The highest BCUT2D eigenvalue weighted by atomic mass is 16.1. The van der Waals surface area contributed by atoms with Crippen LogP contribution < -0.4 is 5.73 Å². The first-order valence-corrected chi connectivity index (χ1v) is 4.77. The maximum Gasteiger partial charge on any atom is 0.236 e. The van der Waals surface area contributed by atoms with Gasteiger partial charge < -0.3 is 10.6 Å². The summed E-state index contributed by atoms with van der Waals surface area (Å²) in [6.45, 7) is 4.78. The number of nitriles is 1. The topological polar surface area (TPSA) is 70.1 Å². The van der Waals surface area contributed by atoms with Crippen LogP contribution in [0.3, 0.4) is 0 Å². The van der Waals surface area contributed by atoms with Crippen molar-refractivity contribution < 1.29 is 4.79 Å². The fourth-order valence-electron chi connectivity index (χ4n) is 1.09. The molecule has 0 heterocycles. The van der Waals surface area contributed by atoms with Gasteiger partial charge in [0.15, 0.2) is 0 Å². The molecular weight excluding hydrogens is 178 g/mol. The Morgan fingerprint density at radius 3 is 2.57 bits per heavy atom. The highest BCUT2D eigenvalue weighted by Crippen LogP contribution is 2.04. The van der Waals surface area contributed by atoms with E-state index in [-0.39, 0.29) is 12.5 Å². The summed E-state index contributed by atoms with van der Waals surface area (Å²) in [4.78, 5) is 12.4. The Kier molecular flexibility index (Phi) is 6.21. The van der Waals surface area contributed by atoms with E-state index in [2.05, 4.69) is 6.07 Å². The van der Waals surface area contributed by atoms with Crippen molar-refractivity contribution in [3.05, 3.63) is 11.8 Å². The van der Waals surface area contributed by atoms with Crippen LogP contribution >= 0.6 is 0 Å². The summed E-state index contributed by atoms with van der Waals surface area (Å²) in [7, 11) is 0. The Hall–Kier alpha value is -1.50. The lowest BCUT2D eigenvalue weighted by molar-refractivity contribution is -0.118. The number of hydrogen-bond donors (Lipinski definition) is 1. The number of allylic oxidation sites excluding steroid dienone is 1. The van der Waals surface area contributed by atoms with Crippen molar-refractivity contribution in [3.63, 3.8) is 0 Å². The number of carbonyl (C=O) groups excluding carboxylic acids is 1. The molecule has 78 valence electrons. The second kappa shape index (κ2) is 6.96. The molecule has 0 aromatic heterocycles. The number of carbonyl (C=O) groups is 1. The number of rotatable bonds is 6. The van der Waals surface area contributed by atoms with Gasteiger partial charge in [0, 0.05) is 18.3 Å². The molecule has 0 aliphatic heterocycles. The standard InChI is InChI=1S/C10H17N3O/c1-3-5-9(6-11)7-13(4-2)8-10(12)14/h7H,3-5,8H2,1-2H3,(H2,12,14). The molecule has 0 unspecified atom stereocenters. The van der Waals surface area contributed by atoms with Gasteiger partial charge in [0.25, 0.3) is 0 Å². The van der Waals surface area contributed by atoms with Crippen LogP contribution in [0.15, 0.2) is 11.8 Å². The third-order valence-corrected chi connectivity index (χ3v) is 1.77. The number of nitrogens with two attached hydrogens (primary N) is 1. The van der Waals surface area contributed by atoms with Gasteiger partial charge in [-0.25, -0.2) is 0 Å². The summed E-state index contributed by atoms with van der Waals surface area (Å²) in [5.41, 5.74) is 5.76. The minimum absolute atomic E-state index is 0.172. The lowest BCUT2D eigenvalue weighted by Crippen LogP contribution is -2.30. The summed E-state index contributed by atoms with van der Waals surface area (Å²) >= 11 is 0. The van der Waals surface area contributed by atoms with E-state index in [1.165, 1.54) is 0 Å². The zero-order valence-corrected chi connectivity index (χ0v) is 8.79. The second-order valence-electron chi connectivity index (χ2n) is 3.05. The number of hydrogen-bond acceptors (Lipinski definition) is 3. The van der Waals surface area contributed by atoms with E-state index in [0.717, 1.165) is 12.8 Å². The first kappa shape index (κ1) is 12.5. The molecule has 14 heavy (non-hydrogen) atoms. The molecule has 0 bridgehead atoms. The molecule has 4 heteroatoms. The van der Waals surface area contributed by atoms with Crippen molar-refractivity contribution >= 4 is 5.91 Å². The number of nitrogens with zero attached hydrogens (tertiary/aromatic N) is 2. The van der Waals surface area contributed by atoms with Crippen LogP contribution in [0.1, 0.15) is 26.7 Å². The SMILES string of the molecule is CCCC(C#N)=CN(CC)CC(N)=O. The van der Waals surface area contributed by atoms with Crippen LogP contribution in [-0.2, 0) is 4.79 Å². The maximum absolute atomic E-state index is 10.7. The van der Waals surface area contributed by atoms with E-state index in [9.17, 15) is 4.79 Å². The van der Waals surface area contributed by atoms with Gasteiger partial charge >= 0.3 is 0 Å². The minimum atomic E-state index is -0.378. The third kappa shape index (κ3) is 5.20. The molecule has 0 atom stereocenters. The first-order chi connectivity index (χ1) is 6.63. The van der Waals surface area contributed by atoms with Crippen LogP contribution in [0.5, 0.6) is 0 Å². The Bertz CT molecular complexity index is 253. The van der Waals surface area contributed by atoms with Crippen molar-refractivity contribution in [1.29, 1.82) is 5.26 Å². The van der Waals surface area contributed by atoms with Gasteiger partial charge in [0.2, 0.25) is 5.91 Å². The predicted molar refractivity (Wildman–Crippen MR) is 55.0 cm³/mol. The molecule has 1 amide bonds. The zero-order valence-electron chi connectivity index (χ0n) is 8.79. The molecule has 4 nitrogen and oxygen atoms in total. The van der Waals surface area contributed by atoms with Gasteiger partial charge in [0.1, 0.15) is 0 Å². The lowest BCUT2D eigenvalue weighted by Gasteiger charge is -2.16. The van der Waals surface area contributed by atoms with E-state index in [0.29, 0.717) is 12.1 Å². The summed E-state index contributed by atoms with van der Waals surface area (Å²) in [5.74, 6) is -0.378. The van der Waals surface area contributed by atoms with Crippen LogP contribution in [0.4, 0.5) is 0 Å². The molecule has 0 saturated heterocycles. The van der Waals surface area contributed by atoms with Crippen molar-refractivity contribution in [1.82, 2.24) is 4.90 Å². The van der Waals surface area contributed by atoms with Gasteiger partial charge in [-0.1, -0.05) is 13.3 Å². The van der Waals surface area contributed by atoms with Gasteiger partial charge in [0.05, 0.1) is 12.6 Å². The summed E-state index contributed by atoms with van der Waals surface area (Å²) in [5, 5.41) is 8.77. The monoisotopic (exact) mass is 195 g/mol. The maximum atomic E-state index is 10.7. The number of primary amides is 1. The molecule has 0 aromatic carbocycles. The number of likely N-dealkylation sites (N-methyl/N-ethyl adjacent to an activating group) is 1. The highest BCUT2D eigenvalue weighted by molar-refractivity contribution is 5.76. The minimum Gasteiger partial charge on any atom is -0.368 e. The first-order valence-electron chi connectivity index (χ1n) is 4.77. The Labute approximate surface area is 85.0 Å². The van der Waals surface area contributed by atoms with Crippen LogP contribution in [0, 0.1) is 11.3 Å². The van der Waals surface area contributed by atoms with Gasteiger partial charge in [-0.2, -0.15) is 5.26 Å². The van der Waals surface area contributed by atoms with Crippen LogP contribution in [0.2, 0.25) is 0 Å². The van der Waals surface area contributed by atoms with Crippen LogP contribution in [0.25, 0.3) is 0 Å². The number of amides is 1. The van der Waals surface area contributed by atoms with Crippen molar-refractivity contribution in [2.24, 2.45) is 5.73 Å². The summed E-state index contributed by atoms with van der Waals surface area (Å²) < 4.78 is 0. The predicted octanol–water partition coefficient (Wildman–Crippen LogP) is 1.00. The molecular formula is C10H17N3O. The fraction of sp³-hybridized carbons (Fsp3) is 0.600. The molecule has 0 aliphatic carbocycles. The summed E-state index contributed by atoms with van der Waals surface area (Å²) in [6.07, 6.45) is 3.38.